The molecule has 4 heterocycles. The van der Waals surface area contributed by atoms with Crippen LogP contribution in [0.4, 0.5) is 0 Å². The maximum Gasteiger partial charge on any atom is 0.303 e. The summed E-state index contributed by atoms with van der Waals surface area (Å²) < 4.78 is 31.7. The van der Waals surface area contributed by atoms with E-state index in [1.54, 1.807) is 21.3 Å². The first-order valence-electron chi connectivity index (χ1n) is 18.6. The van der Waals surface area contributed by atoms with Crippen LogP contribution in [0.3, 0.4) is 0 Å². The van der Waals surface area contributed by atoms with Gasteiger partial charge in [-0.05, 0) is 109 Å². The lowest BCUT2D eigenvalue weighted by Crippen LogP contribution is -2.52. The zero-order valence-corrected chi connectivity index (χ0v) is 31.4. The minimum atomic E-state index is -0.767. The van der Waals surface area contributed by atoms with Crippen LogP contribution in [0, 0.1) is 0 Å². The van der Waals surface area contributed by atoms with Crippen molar-refractivity contribution in [1.29, 1.82) is 0 Å². The van der Waals surface area contributed by atoms with Crippen LogP contribution >= 0.6 is 0 Å². The molecular weight excluding hydrogens is 672 g/mol. The first kappa shape index (κ1) is 36.4. The van der Waals surface area contributed by atoms with Gasteiger partial charge in [-0.1, -0.05) is 18.2 Å². The number of carboxylic acids is 1. The van der Waals surface area contributed by atoms with Gasteiger partial charge in [-0.15, -0.1) is 0 Å². The number of ether oxygens (including phenoxy) is 5. The molecule has 4 aromatic rings. The normalized spacial score (nSPS) is 20.6. The molecule has 280 valence electrons. The molecule has 4 aliphatic rings. The van der Waals surface area contributed by atoms with E-state index < -0.39 is 5.97 Å². The number of carbonyl (C=O) groups is 1. The van der Waals surface area contributed by atoms with Crippen molar-refractivity contribution >= 4 is 5.97 Å². The SMILES string of the molecule is COc1ccc2cc1Oc1ccc(cc1)CC1c3cc(c(OC)cc3CCN1C)Oc1c(O)c(OC)cc3c1C(C2)[N+](C)(CCCCCC(=O)O)CC3. The Labute approximate surface area is 312 Å². The van der Waals surface area contributed by atoms with Gasteiger partial charge in [0.2, 0.25) is 5.75 Å². The molecule has 0 amide bonds. The number of quaternary nitrogens is 1. The van der Waals surface area contributed by atoms with E-state index in [-0.39, 0.29) is 24.3 Å². The Morgan fingerprint density at radius 1 is 0.830 bits per heavy atom. The van der Waals surface area contributed by atoms with Crippen LogP contribution in [0.2, 0.25) is 0 Å². The number of nitrogens with zero attached hydrogens (tertiary/aromatic N) is 2. The van der Waals surface area contributed by atoms with Gasteiger partial charge in [-0.25, -0.2) is 0 Å². The second-order valence-corrected chi connectivity index (χ2v) is 14.9. The molecule has 0 radical (unpaired) electrons. The van der Waals surface area contributed by atoms with Crippen molar-refractivity contribution in [3.05, 3.63) is 94.0 Å². The number of carboxylic acid groups (broad SMARTS) is 1. The van der Waals surface area contributed by atoms with Crippen molar-refractivity contribution in [3.8, 4) is 46.0 Å². The number of aromatic hydroxyl groups is 1. The summed E-state index contributed by atoms with van der Waals surface area (Å²) >= 11 is 0. The maximum absolute atomic E-state index is 12.0. The standard InChI is InChI=1S/C43H50N2O8/c1-44-18-16-29-24-36(50-4)38-26-32(29)33(44)21-27-10-13-31(14-11-27)52-37-23-28(12-15-35(37)49-3)22-34-41-30(25-39(51-5)42(48)43(41)53-38)17-20-45(34,2)19-8-6-7-9-40(46)47/h10-15,23-26,33-34H,6-9,16-22H2,1-5H3,(H-,46,47,48)/p+1. The highest BCUT2D eigenvalue weighted by atomic mass is 16.5. The summed E-state index contributed by atoms with van der Waals surface area (Å²) in [7, 11) is 9.31. The Morgan fingerprint density at radius 3 is 2.28 bits per heavy atom. The predicted molar refractivity (Wildman–Crippen MR) is 202 cm³/mol. The number of hydrogen-bond acceptors (Lipinski definition) is 8. The number of benzene rings is 4. The smallest absolute Gasteiger partial charge is 0.303 e. The third-order valence-corrected chi connectivity index (χ3v) is 11.6. The van der Waals surface area contributed by atoms with Crippen molar-refractivity contribution in [2.24, 2.45) is 0 Å². The fourth-order valence-corrected chi connectivity index (χ4v) is 8.52. The van der Waals surface area contributed by atoms with Crippen LogP contribution < -0.4 is 23.7 Å². The molecule has 0 spiro atoms. The molecule has 4 aliphatic heterocycles. The Kier molecular flexibility index (Phi) is 10.4. The monoisotopic (exact) mass is 723 g/mol. The summed E-state index contributed by atoms with van der Waals surface area (Å²) in [6.45, 7) is 2.60. The largest absolute Gasteiger partial charge is 0.502 e. The molecule has 0 aliphatic carbocycles. The molecule has 0 saturated carbocycles. The molecule has 4 aromatic carbocycles. The third kappa shape index (κ3) is 7.35. The molecule has 8 rings (SSSR count). The number of fused-ring (bicyclic) bond motifs is 2. The minimum Gasteiger partial charge on any atom is -0.502 e. The van der Waals surface area contributed by atoms with Crippen molar-refractivity contribution in [1.82, 2.24) is 4.90 Å². The van der Waals surface area contributed by atoms with Gasteiger partial charge in [-0.3, -0.25) is 9.69 Å². The Bertz CT molecular complexity index is 1980. The molecule has 3 atom stereocenters. The van der Waals surface area contributed by atoms with Gasteiger partial charge in [-0.2, -0.15) is 0 Å². The summed E-state index contributed by atoms with van der Waals surface area (Å²) in [5, 5.41) is 21.2. The summed E-state index contributed by atoms with van der Waals surface area (Å²) in [5.74, 6) is 3.07. The average molecular weight is 724 g/mol. The van der Waals surface area contributed by atoms with Crippen LogP contribution in [0.1, 0.15) is 71.1 Å². The molecule has 53 heavy (non-hydrogen) atoms. The van der Waals surface area contributed by atoms with Gasteiger partial charge >= 0.3 is 5.97 Å². The molecule has 0 saturated heterocycles. The summed E-state index contributed by atoms with van der Waals surface area (Å²) in [6.07, 6.45) is 5.54. The van der Waals surface area contributed by atoms with Crippen molar-refractivity contribution in [2.45, 2.75) is 63.5 Å². The molecule has 0 fully saturated rings. The second-order valence-electron chi connectivity index (χ2n) is 14.9. The average Bonchev–Trinajstić information content (AvgIpc) is 3.15. The summed E-state index contributed by atoms with van der Waals surface area (Å²) in [6, 6.07) is 20.5. The Balaban J connectivity index is 1.42. The molecule has 3 unspecified atom stereocenters. The molecule has 0 aromatic heterocycles. The number of phenols is 1. The Hall–Kier alpha value is -4.93. The second kappa shape index (κ2) is 15.2. The van der Waals surface area contributed by atoms with E-state index >= 15 is 0 Å². The Morgan fingerprint density at radius 2 is 1.55 bits per heavy atom. The highest BCUT2D eigenvalue weighted by molar-refractivity contribution is 5.66. The highest BCUT2D eigenvalue weighted by Crippen LogP contribution is 2.53. The van der Waals surface area contributed by atoms with Crippen LogP contribution in [0.25, 0.3) is 0 Å². The van der Waals surface area contributed by atoms with Gasteiger partial charge in [0.15, 0.2) is 34.5 Å². The van der Waals surface area contributed by atoms with Gasteiger partial charge in [0.1, 0.15) is 11.8 Å². The number of hydrogen-bond donors (Lipinski definition) is 2. The maximum atomic E-state index is 12.0. The first-order valence-corrected chi connectivity index (χ1v) is 18.6. The molecule has 10 nitrogen and oxygen atoms in total. The van der Waals surface area contributed by atoms with Gasteiger partial charge in [0.25, 0.3) is 0 Å². The zero-order chi connectivity index (χ0) is 37.3. The zero-order valence-electron chi connectivity index (χ0n) is 31.4. The van der Waals surface area contributed by atoms with Crippen LogP contribution in [0.5, 0.6) is 46.0 Å². The first-order chi connectivity index (χ1) is 25.6. The quantitative estimate of drug-likeness (QED) is 0.131. The fourth-order valence-electron chi connectivity index (χ4n) is 8.52. The lowest BCUT2D eigenvalue weighted by Gasteiger charge is -2.46. The fraction of sp³-hybridized carbons (Fsp3) is 0.419. The number of unbranched alkanes of at least 4 members (excludes halogenated alkanes) is 2. The van der Waals surface area contributed by atoms with Gasteiger partial charge in [0, 0.05) is 31.8 Å². The summed E-state index contributed by atoms with van der Waals surface area (Å²) in [5.41, 5.74) is 6.62. The minimum absolute atomic E-state index is 0.0488. The van der Waals surface area contributed by atoms with E-state index in [9.17, 15) is 15.0 Å². The van der Waals surface area contributed by atoms with E-state index in [4.69, 9.17) is 23.7 Å². The molecule has 2 N–H and O–H groups in total. The van der Waals surface area contributed by atoms with E-state index in [1.807, 2.05) is 24.3 Å². The summed E-state index contributed by atoms with van der Waals surface area (Å²) in [4.78, 5) is 13.6. The molecule has 10 heteroatoms. The lowest BCUT2D eigenvalue weighted by molar-refractivity contribution is -0.941. The van der Waals surface area contributed by atoms with Crippen LogP contribution in [-0.2, 0) is 30.5 Å². The highest BCUT2D eigenvalue weighted by Gasteiger charge is 2.43. The lowest BCUT2D eigenvalue weighted by atomic mass is 9.85. The molecular formula is C43H51N2O8+. The molecule has 6 bridgehead atoms. The number of rotatable bonds is 9. The number of aliphatic carboxylic acids is 1. The van der Waals surface area contributed by atoms with Crippen molar-refractivity contribution < 1.29 is 43.2 Å². The van der Waals surface area contributed by atoms with Gasteiger partial charge < -0.3 is 38.4 Å². The van der Waals surface area contributed by atoms with E-state index in [0.717, 1.165) is 74.2 Å². The third-order valence-electron chi connectivity index (χ3n) is 11.6. The number of likely N-dealkylation sites (N-methyl/N-ethyl adjacent to an activating group) is 2. The van der Waals surface area contributed by atoms with E-state index in [0.29, 0.717) is 51.8 Å². The number of methoxy groups -OCH3 is 3. The van der Waals surface area contributed by atoms with Crippen molar-refractivity contribution in [2.75, 3.05) is 55.1 Å². The predicted octanol–water partition coefficient (Wildman–Crippen LogP) is 8.02. The van der Waals surface area contributed by atoms with E-state index in [2.05, 4.69) is 55.4 Å². The number of phenolic OH excluding ortho intramolecular Hbond substituents is 1. The van der Waals surface area contributed by atoms with Crippen molar-refractivity contribution in [3.63, 3.8) is 0 Å². The van der Waals surface area contributed by atoms with E-state index in [1.165, 1.54) is 16.7 Å². The van der Waals surface area contributed by atoms with Crippen LogP contribution in [-0.4, -0.2) is 80.6 Å². The van der Waals surface area contributed by atoms with Gasteiger partial charge in [0.05, 0.1) is 47.0 Å². The van der Waals surface area contributed by atoms with Crippen LogP contribution in [0.15, 0.2) is 60.7 Å². The topological polar surface area (TPSA) is 107 Å².